The van der Waals surface area contributed by atoms with E-state index in [-0.39, 0.29) is 11.5 Å². The summed E-state index contributed by atoms with van der Waals surface area (Å²) in [5.41, 5.74) is 1.36. The molecule has 0 bridgehead atoms. The van der Waals surface area contributed by atoms with E-state index in [0.29, 0.717) is 49.1 Å². The van der Waals surface area contributed by atoms with Crippen molar-refractivity contribution in [2.75, 3.05) is 38.2 Å². The summed E-state index contributed by atoms with van der Waals surface area (Å²) in [6.07, 6.45) is 0.363. The Kier molecular flexibility index (Phi) is 6.23. The summed E-state index contributed by atoms with van der Waals surface area (Å²) in [5, 5.41) is 5.06. The van der Waals surface area contributed by atoms with Gasteiger partial charge in [-0.1, -0.05) is 29.8 Å². The Labute approximate surface area is 185 Å². The number of rotatable bonds is 5. The molecule has 4 rings (SSSR count). The molecule has 1 aromatic heterocycles. The summed E-state index contributed by atoms with van der Waals surface area (Å²) < 4.78 is 6.51. The molecule has 3 aromatic rings. The third-order valence-electron chi connectivity index (χ3n) is 5.31. The van der Waals surface area contributed by atoms with Crippen LogP contribution in [0.5, 0.6) is 5.75 Å². The number of amides is 1. The van der Waals surface area contributed by atoms with Crippen molar-refractivity contribution >= 4 is 23.3 Å². The molecule has 31 heavy (non-hydrogen) atoms. The zero-order valence-electron chi connectivity index (χ0n) is 17.2. The number of aromatic nitrogens is 2. The first-order valence-corrected chi connectivity index (χ1v) is 10.4. The number of piperazine rings is 1. The van der Waals surface area contributed by atoms with E-state index in [1.165, 1.54) is 10.7 Å². The number of nitrogens with zero attached hydrogens (tertiary/aromatic N) is 4. The zero-order valence-corrected chi connectivity index (χ0v) is 18.0. The Hall–Kier alpha value is -3.32. The van der Waals surface area contributed by atoms with Crippen LogP contribution in [0.2, 0.25) is 5.02 Å². The van der Waals surface area contributed by atoms with E-state index in [1.807, 2.05) is 29.2 Å². The van der Waals surface area contributed by atoms with Crippen molar-refractivity contribution in [3.8, 4) is 11.4 Å². The summed E-state index contributed by atoms with van der Waals surface area (Å²) in [6, 6.07) is 17.8. The number of hydrogen-bond donors (Lipinski definition) is 0. The van der Waals surface area contributed by atoms with Gasteiger partial charge in [-0.2, -0.15) is 4.68 Å². The lowest BCUT2D eigenvalue weighted by atomic mass is 10.1. The highest BCUT2D eigenvalue weighted by atomic mass is 35.5. The van der Waals surface area contributed by atoms with Gasteiger partial charge in [-0.3, -0.25) is 9.59 Å². The van der Waals surface area contributed by atoms with Gasteiger partial charge in [-0.15, -0.1) is 5.10 Å². The zero-order chi connectivity index (χ0) is 21.8. The quantitative estimate of drug-likeness (QED) is 0.612. The highest BCUT2D eigenvalue weighted by Gasteiger charge is 2.22. The maximum Gasteiger partial charge on any atom is 0.271 e. The summed E-state index contributed by atoms with van der Waals surface area (Å²) in [7, 11) is 1.62. The average Bonchev–Trinajstić information content (AvgIpc) is 2.80. The minimum atomic E-state index is -0.223. The first-order chi connectivity index (χ1) is 15.0. The molecule has 0 atom stereocenters. The van der Waals surface area contributed by atoms with Gasteiger partial charge >= 0.3 is 0 Å². The van der Waals surface area contributed by atoms with Crippen molar-refractivity contribution in [1.29, 1.82) is 0 Å². The molecule has 1 amide bonds. The van der Waals surface area contributed by atoms with E-state index in [1.54, 1.807) is 37.4 Å². The first kappa shape index (κ1) is 20.9. The van der Waals surface area contributed by atoms with E-state index in [4.69, 9.17) is 16.3 Å². The molecule has 0 N–H and O–H groups in total. The second kappa shape index (κ2) is 9.22. The Balaban J connectivity index is 1.41. The van der Waals surface area contributed by atoms with Crippen LogP contribution in [0.15, 0.2) is 65.5 Å². The monoisotopic (exact) mass is 438 g/mol. The maximum absolute atomic E-state index is 12.7. The molecule has 0 spiro atoms. The lowest BCUT2D eigenvalue weighted by Crippen LogP contribution is -2.49. The molecular weight excluding hydrogens is 416 g/mol. The van der Waals surface area contributed by atoms with Gasteiger partial charge in [0.2, 0.25) is 5.91 Å². The van der Waals surface area contributed by atoms with E-state index in [0.717, 1.165) is 11.3 Å². The highest BCUT2D eigenvalue weighted by molar-refractivity contribution is 6.30. The van der Waals surface area contributed by atoms with Crippen LogP contribution in [0.4, 0.5) is 5.82 Å². The van der Waals surface area contributed by atoms with Gasteiger partial charge in [-0.25, -0.2) is 0 Å². The maximum atomic E-state index is 12.7. The van der Waals surface area contributed by atoms with Gasteiger partial charge in [0.05, 0.1) is 19.2 Å². The molecule has 1 aliphatic rings. The Bertz CT molecular complexity index is 1120. The average molecular weight is 439 g/mol. The van der Waals surface area contributed by atoms with E-state index < -0.39 is 0 Å². The normalized spacial score (nSPS) is 13.9. The molecule has 8 heteroatoms. The van der Waals surface area contributed by atoms with Crippen molar-refractivity contribution in [2.24, 2.45) is 0 Å². The molecule has 2 heterocycles. The lowest BCUT2D eigenvalue weighted by molar-refractivity contribution is -0.130. The van der Waals surface area contributed by atoms with Crippen LogP contribution >= 0.6 is 11.6 Å². The second-order valence-corrected chi connectivity index (χ2v) is 7.75. The number of benzene rings is 2. The number of anilines is 1. The fraction of sp³-hybridized carbons (Fsp3) is 0.261. The molecule has 1 aliphatic heterocycles. The topological polar surface area (TPSA) is 67.7 Å². The van der Waals surface area contributed by atoms with Gasteiger partial charge in [0.15, 0.2) is 0 Å². The van der Waals surface area contributed by atoms with Crippen molar-refractivity contribution < 1.29 is 9.53 Å². The van der Waals surface area contributed by atoms with Crippen LogP contribution in [0, 0.1) is 0 Å². The molecule has 0 saturated carbocycles. The number of carbonyl (C=O) groups is 1. The van der Waals surface area contributed by atoms with Crippen LogP contribution in [0.25, 0.3) is 5.69 Å². The Morgan fingerprint density at radius 3 is 2.45 bits per heavy atom. The summed E-state index contributed by atoms with van der Waals surface area (Å²) in [6.45, 7) is 2.50. The number of methoxy groups -OCH3 is 1. The van der Waals surface area contributed by atoms with Crippen LogP contribution in [-0.2, 0) is 11.2 Å². The Morgan fingerprint density at radius 1 is 1.03 bits per heavy atom. The van der Waals surface area contributed by atoms with Crippen molar-refractivity contribution in [2.45, 2.75) is 6.42 Å². The second-order valence-electron chi connectivity index (χ2n) is 7.31. The molecule has 2 aromatic carbocycles. The summed E-state index contributed by atoms with van der Waals surface area (Å²) in [5.74, 6) is 1.57. The van der Waals surface area contributed by atoms with E-state index in [2.05, 4.69) is 10.00 Å². The van der Waals surface area contributed by atoms with Gasteiger partial charge in [0.25, 0.3) is 5.56 Å². The fourth-order valence-corrected chi connectivity index (χ4v) is 3.76. The number of carbonyl (C=O) groups excluding carboxylic acids is 1. The standard InChI is InChI=1S/C23H23ClN4O3/c1-31-20-7-5-17(6-8-20)15-23(30)27-13-11-26(12-14-27)21-9-10-22(29)28(25-21)19-4-2-3-18(24)16-19/h2-10,16H,11-15H2,1H3. The summed E-state index contributed by atoms with van der Waals surface area (Å²) in [4.78, 5) is 28.9. The highest BCUT2D eigenvalue weighted by Crippen LogP contribution is 2.17. The van der Waals surface area contributed by atoms with Gasteiger partial charge in [-0.05, 0) is 42.0 Å². The van der Waals surface area contributed by atoms with E-state index in [9.17, 15) is 9.59 Å². The molecular formula is C23H23ClN4O3. The summed E-state index contributed by atoms with van der Waals surface area (Å²) >= 11 is 6.06. The van der Waals surface area contributed by atoms with Crippen LogP contribution in [0.3, 0.4) is 0 Å². The molecule has 0 radical (unpaired) electrons. The van der Waals surface area contributed by atoms with E-state index >= 15 is 0 Å². The van der Waals surface area contributed by atoms with Crippen LogP contribution < -0.4 is 15.2 Å². The van der Waals surface area contributed by atoms with Gasteiger partial charge in [0, 0.05) is 37.3 Å². The smallest absolute Gasteiger partial charge is 0.271 e. The van der Waals surface area contributed by atoms with Crippen molar-refractivity contribution in [3.05, 3.63) is 81.6 Å². The Morgan fingerprint density at radius 2 is 1.77 bits per heavy atom. The van der Waals surface area contributed by atoms with Crippen molar-refractivity contribution in [1.82, 2.24) is 14.7 Å². The lowest BCUT2D eigenvalue weighted by Gasteiger charge is -2.35. The van der Waals surface area contributed by atoms with Crippen molar-refractivity contribution in [3.63, 3.8) is 0 Å². The number of ether oxygens (including phenoxy) is 1. The molecule has 1 saturated heterocycles. The van der Waals surface area contributed by atoms with Gasteiger partial charge < -0.3 is 14.5 Å². The number of halogens is 1. The first-order valence-electron chi connectivity index (χ1n) is 10.1. The molecule has 7 nitrogen and oxygen atoms in total. The van der Waals surface area contributed by atoms with Crippen LogP contribution in [-0.4, -0.2) is 53.9 Å². The third kappa shape index (κ3) is 4.88. The SMILES string of the molecule is COc1ccc(CC(=O)N2CCN(c3ccc(=O)n(-c4cccc(Cl)c4)n3)CC2)cc1. The predicted molar refractivity (Wildman–Crippen MR) is 120 cm³/mol. The molecule has 0 unspecified atom stereocenters. The molecule has 0 aliphatic carbocycles. The minimum Gasteiger partial charge on any atom is -0.497 e. The minimum absolute atomic E-state index is 0.0988. The molecule has 1 fully saturated rings. The number of hydrogen-bond acceptors (Lipinski definition) is 5. The molecule has 160 valence electrons. The largest absolute Gasteiger partial charge is 0.497 e. The van der Waals surface area contributed by atoms with Crippen LogP contribution in [0.1, 0.15) is 5.56 Å². The van der Waals surface area contributed by atoms with Gasteiger partial charge in [0.1, 0.15) is 11.6 Å². The third-order valence-corrected chi connectivity index (χ3v) is 5.54. The fourth-order valence-electron chi connectivity index (χ4n) is 3.58. The predicted octanol–water partition coefficient (Wildman–Crippen LogP) is 2.79.